The summed E-state index contributed by atoms with van der Waals surface area (Å²) in [4.78, 5) is 18.0. The van der Waals surface area contributed by atoms with E-state index in [4.69, 9.17) is 0 Å². The molecule has 1 N–H and O–H groups in total. The first-order chi connectivity index (χ1) is 9.65. The van der Waals surface area contributed by atoms with Crippen molar-refractivity contribution < 1.29 is 4.79 Å². The van der Waals surface area contributed by atoms with Crippen molar-refractivity contribution in [2.24, 2.45) is 5.92 Å². The molecule has 1 aromatic carbocycles. The Kier molecular flexibility index (Phi) is 3.51. The third-order valence-electron chi connectivity index (χ3n) is 4.00. The number of aromatic nitrogens is 1. The van der Waals surface area contributed by atoms with Crippen molar-refractivity contribution in [3.63, 3.8) is 0 Å². The summed E-state index contributed by atoms with van der Waals surface area (Å²) in [6, 6.07) is 8.42. The van der Waals surface area contributed by atoms with Crippen LogP contribution in [-0.2, 0) is 0 Å². The Morgan fingerprint density at radius 1 is 1.35 bits per heavy atom. The van der Waals surface area contributed by atoms with Gasteiger partial charge in [0.2, 0.25) is 0 Å². The lowest BCUT2D eigenvalue weighted by molar-refractivity contribution is 0.0735. The van der Waals surface area contributed by atoms with Gasteiger partial charge in [-0.15, -0.1) is 0 Å². The van der Waals surface area contributed by atoms with Gasteiger partial charge in [-0.1, -0.05) is 13.8 Å². The van der Waals surface area contributed by atoms with Gasteiger partial charge in [0.1, 0.15) is 0 Å². The molecule has 0 bridgehead atoms. The molecular weight excluding hydrogens is 248 g/mol. The molecule has 2 aromatic rings. The Morgan fingerprint density at radius 3 is 2.85 bits per heavy atom. The minimum absolute atomic E-state index is 0.191. The highest BCUT2D eigenvalue weighted by atomic mass is 16.2. The fourth-order valence-electron chi connectivity index (χ4n) is 2.59. The Balaban J connectivity index is 1.80. The van der Waals surface area contributed by atoms with Crippen molar-refractivity contribution in [1.82, 2.24) is 9.88 Å². The van der Waals surface area contributed by atoms with Crippen molar-refractivity contribution in [3.8, 4) is 0 Å². The Morgan fingerprint density at radius 2 is 2.15 bits per heavy atom. The molecule has 1 saturated carbocycles. The van der Waals surface area contributed by atoms with Gasteiger partial charge in [0.25, 0.3) is 5.91 Å². The van der Waals surface area contributed by atoms with Crippen molar-refractivity contribution in [2.75, 3.05) is 6.54 Å². The number of aromatic amines is 1. The summed E-state index contributed by atoms with van der Waals surface area (Å²) in [5.41, 5.74) is 1.90. The minimum atomic E-state index is 0.191. The maximum absolute atomic E-state index is 12.7. The smallest absolute Gasteiger partial charge is 0.254 e. The SMILES string of the molecule is CC(C)CCN(C(=O)c1ccc2[nH]ccc2c1)C1CC1. The van der Waals surface area contributed by atoms with Gasteiger partial charge in [0, 0.05) is 35.2 Å². The number of rotatable bonds is 5. The first-order valence-corrected chi connectivity index (χ1v) is 7.53. The van der Waals surface area contributed by atoms with Crippen molar-refractivity contribution in [3.05, 3.63) is 36.0 Å². The molecule has 1 aliphatic carbocycles. The maximum Gasteiger partial charge on any atom is 0.254 e. The van der Waals surface area contributed by atoms with E-state index in [1.807, 2.05) is 30.5 Å². The number of nitrogens with one attached hydrogen (secondary N) is 1. The average molecular weight is 270 g/mol. The van der Waals surface area contributed by atoms with Crippen molar-refractivity contribution >= 4 is 16.8 Å². The van der Waals surface area contributed by atoms with E-state index in [9.17, 15) is 4.79 Å². The monoisotopic (exact) mass is 270 g/mol. The average Bonchev–Trinajstić information content (AvgIpc) is 3.15. The van der Waals surface area contributed by atoms with Crippen LogP contribution in [0.5, 0.6) is 0 Å². The summed E-state index contributed by atoms with van der Waals surface area (Å²) >= 11 is 0. The highest BCUT2D eigenvalue weighted by molar-refractivity contribution is 5.98. The molecule has 3 nitrogen and oxygen atoms in total. The van der Waals surface area contributed by atoms with Crippen molar-refractivity contribution in [2.45, 2.75) is 39.2 Å². The lowest BCUT2D eigenvalue weighted by Crippen LogP contribution is -2.34. The fraction of sp³-hybridized carbons (Fsp3) is 0.471. The summed E-state index contributed by atoms with van der Waals surface area (Å²) in [7, 11) is 0. The summed E-state index contributed by atoms with van der Waals surface area (Å²) in [6.45, 7) is 5.30. The number of nitrogens with zero attached hydrogens (tertiary/aromatic N) is 1. The summed E-state index contributed by atoms with van der Waals surface area (Å²) in [6.07, 6.45) is 5.32. The number of hydrogen-bond donors (Lipinski definition) is 1. The molecule has 3 heteroatoms. The maximum atomic E-state index is 12.7. The first-order valence-electron chi connectivity index (χ1n) is 7.53. The van der Waals surface area contributed by atoms with Crippen LogP contribution in [0.3, 0.4) is 0 Å². The quantitative estimate of drug-likeness (QED) is 0.881. The predicted octanol–water partition coefficient (Wildman–Crippen LogP) is 3.82. The van der Waals surface area contributed by atoms with E-state index in [2.05, 4.69) is 23.7 Å². The van der Waals surface area contributed by atoms with Crippen LogP contribution in [0, 0.1) is 5.92 Å². The predicted molar refractivity (Wildman–Crippen MR) is 81.8 cm³/mol. The van der Waals surface area contributed by atoms with E-state index in [0.717, 1.165) is 42.3 Å². The third-order valence-corrected chi connectivity index (χ3v) is 4.00. The van der Waals surface area contributed by atoms with Gasteiger partial charge >= 0.3 is 0 Å². The van der Waals surface area contributed by atoms with E-state index in [1.165, 1.54) is 0 Å². The molecule has 3 rings (SSSR count). The van der Waals surface area contributed by atoms with Gasteiger partial charge < -0.3 is 9.88 Å². The lowest BCUT2D eigenvalue weighted by Gasteiger charge is -2.23. The van der Waals surface area contributed by atoms with Crippen LogP contribution < -0.4 is 0 Å². The van der Waals surface area contributed by atoms with Gasteiger partial charge in [0.05, 0.1) is 0 Å². The molecule has 1 aliphatic rings. The molecule has 106 valence electrons. The van der Waals surface area contributed by atoms with Gasteiger partial charge in [-0.05, 0) is 49.4 Å². The standard InChI is InChI=1S/C17H22N2O/c1-12(2)8-10-19(15-4-5-15)17(20)14-3-6-16-13(11-14)7-9-18-16/h3,6-7,9,11-12,15,18H,4-5,8,10H2,1-2H3. The molecule has 20 heavy (non-hydrogen) atoms. The number of hydrogen-bond acceptors (Lipinski definition) is 1. The van der Waals surface area contributed by atoms with E-state index in [-0.39, 0.29) is 5.91 Å². The van der Waals surface area contributed by atoms with E-state index < -0.39 is 0 Å². The van der Waals surface area contributed by atoms with Gasteiger partial charge in [0.15, 0.2) is 0 Å². The molecule has 1 fully saturated rings. The Bertz CT molecular complexity index is 610. The molecule has 0 radical (unpaired) electrons. The topological polar surface area (TPSA) is 36.1 Å². The van der Waals surface area contributed by atoms with E-state index in [1.54, 1.807) is 0 Å². The second kappa shape index (κ2) is 5.31. The molecule has 0 spiro atoms. The molecule has 1 heterocycles. The first kappa shape index (κ1) is 13.2. The van der Waals surface area contributed by atoms with Crippen LogP contribution in [0.15, 0.2) is 30.5 Å². The zero-order valence-electron chi connectivity index (χ0n) is 12.2. The van der Waals surface area contributed by atoms with Crippen LogP contribution in [0.25, 0.3) is 10.9 Å². The lowest BCUT2D eigenvalue weighted by atomic mass is 10.1. The molecule has 0 atom stereocenters. The Hall–Kier alpha value is -1.77. The zero-order chi connectivity index (χ0) is 14.1. The molecule has 1 aromatic heterocycles. The number of fused-ring (bicyclic) bond motifs is 1. The van der Waals surface area contributed by atoms with Crippen LogP contribution in [0.1, 0.15) is 43.5 Å². The molecule has 0 aliphatic heterocycles. The van der Waals surface area contributed by atoms with Gasteiger partial charge in [-0.25, -0.2) is 0 Å². The summed E-state index contributed by atoms with van der Waals surface area (Å²) in [5.74, 6) is 0.826. The summed E-state index contributed by atoms with van der Waals surface area (Å²) in [5, 5.41) is 1.11. The largest absolute Gasteiger partial charge is 0.361 e. The number of carbonyl (C=O) groups is 1. The number of H-pyrrole nitrogens is 1. The zero-order valence-corrected chi connectivity index (χ0v) is 12.2. The molecular formula is C17H22N2O. The number of carbonyl (C=O) groups excluding carboxylic acids is 1. The van der Waals surface area contributed by atoms with Gasteiger partial charge in [-0.2, -0.15) is 0 Å². The van der Waals surface area contributed by atoms with Crippen LogP contribution >= 0.6 is 0 Å². The highest BCUT2D eigenvalue weighted by Crippen LogP contribution is 2.29. The fourth-order valence-corrected chi connectivity index (χ4v) is 2.59. The number of benzene rings is 1. The molecule has 1 amide bonds. The van der Waals surface area contributed by atoms with Crippen LogP contribution in [-0.4, -0.2) is 28.4 Å². The Labute approximate surface area is 120 Å². The number of amides is 1. The second-order valence-electron chi connectivity index (χ2n) is 6.19. The van der Waals surface area contributed by atoms with Crippen LogP contribution in [0.2, 0.25) is 0 Å². The minimum Gasteiger partial charge on any atom is -0.361 e. The second-order valence-corrected chi connectivity index (χ2v) is 6.19. The van der Waals surface area contributed by atoms with E-state index in [0.29, 0.717) is 12.0 Å². The normalized spacial score (nSPS) is 14.9. The van der Waals surface area contributed by atoms with E-state index >= 15 is 0 Å². The summed E-state index contributed by atoms with van der Waals surface area (Å²) < 4.78 is 0. The van der Waals surface area contributed by atoms with Crippen molar-refractivity contribution in [1.29, 1.82) is 0 Å². The molecule has 0 unspecified atom stereocenters. The third kappa shape index (κ3) is 2.72. The highest BCUT2D eigenvalue weighted by Gasteiger charge is 2.32. The molecule has 0 saturated heterocycles. The van der Waals surface area contributed by atoms with Crippen LogP contribution in [0.4, 0.5) is 0 Å². The van der Waals surface area contributed by atoms with Gasteiger partial charge in [-0.3, -0.25) is 4.79 Å².